The molecule has 0 spiro atoms. The number of nitrogens with zero attached hydrogens (tertiary/aromatic N) is 2. The van der Waals surface area contributed by atoms with Crippen molar-refractivity contribution in [3.63, 3.8) is 0 Å². The Morgan fingerprint density at radius 2 is 2.64 bits per heavy atom. The standard InChI is InChI=1S/C6H10N4S/c1-2-11-6(4-7-1)5-3-8-10-9-5/h3,6-7H,1-2,4H2,(H,8,9,10). The van der Waals surface area contributed by atoms with Gasteiger partial charge in [-0.05, 0) is 0 Å². The van der Waals surface area contributed by atoms with Gasteiger partial charge in [-0.3, -0.25) is 5.10 Å². The summed E-state index contributed by atoms with van der Waals surface area (Å²) < 4.78 is 0. The summed E-state index contributed by atoms with van der Waals surface area (Å²) in [6.07, 6.45) is 1.87. The lowest BCUT2D eigenvalue weighted by molar-refractivity contribution is 0.678. The van der Waals surface area contributed by atoms with Crippen LogP contribution in [0, 0.1) is 0 Å². The van der Waals surface area contributed by atoms with Gasteiger partial charge in [0, 0.05) is 25.0 Å². The van der Waals surface area contributed by atoms with E-state index >= 15 is 0 Å². The van der Waals surface area contributed by atoms with E-state index < -0.39 is 0 Å². The Morgan fingerprint density at radius 3 is 3.27 bits per heavy atom. The number of aromatic nitrogens is 3. The van der Waals surface area contributed by atoms with Crippen LogP contribution in [0.3, 0.4) is 0 Å². The molecule has 0 aliphatic carbocycles. The van der Waals surface area contributed by atoms with Crippen LogP contribution in [0.1, 0.15) is 10.9 Å². The molecule has 0 saturated carbocycles. The van der Waals surface area contributed by atoms with Crippen LogP contribution in [-0.2, 0) is 0 Å². The van der Waals surface area contributed by atoms with Crippen LogP contribution in [0.15, 0.2) is 6.20 Å². The highest BCUT2D eigenvalue weighted by molar-refractivity contribution is 7.99. The fourth-order valence-electron chi connectivity index (χ4n) is 1.12. The minimum Gasteiger partial charge on any atom is -0.314 e. The molecule has 0 bridgehead atoms. The fourth-order valence-corrected chi connectivity index (χ4v) is 2.19. The molecule has 1 atom stereocenters. The molecule has 2 rings (SSSR count). The van der Waals surface area contributed by atoms with E-state index in [0.717, 1.165) is 24.5 Å². The summed E-state index contributed by atoms with van der Waals surface area (Å²) >= 11 is 1.94. The van der Waals surface area contributed by atoms with Gasteiger partial charge in [0.25, 0.3) is 0 Å². The lowest BCUT2D eigenvalue weighted by Gasteiger charge is -2.19. The maximum atomic E-state index is 3.97. The zero-order valence-electron chi connectivity index (χ0n) is 6.08. The maximum absolute atomic E-state index is 3.97. The third kappa shape index (κ3) is 1.54. The number of aromatic amines is 1. The van der Waals surface area contributed by atoms with E-state index in [-0.39, 0.29) is 0 Å². The minimum absolute atomic E-state index is 0.488. The summed E-state index contributed by atoms with van der Waals surface area (Å²) in [4.78, 5) is 0. The van der Waals surface area contributed by atoms with Gasteiger partial charge in [0.05, 0.1) is 10.9 Å². The maximum Gasteiger partial charge on any atom is 0.0967 e. The van der Waals surface area contributed by atoms with Crippen LogP contribution in [-0.4, -0.2) is 34.3 Å². The number of hydrogen-bond acceptors (Lipinski definition) is 4. The van der Waals surface area contributed by atoms with Crippen molar-refractivity contribution in [1.29, 1.82) is 0 Å². The molecule has 1 saturated heterocycles. The van der Waals surface area contributed by atoms with Gasteiger partial charge >= 0.3 is 0 Å². The molecule has 0 radical (unpaired) electrons. The molecule has 4 nitrogen and oxygen atoms in total. The van der Waals surface area contributed by atoms with Gasteiger partial charge in [0.15, 0.2) is 0 Å². The number of hydrogen-bond donors (Lipinski definition) is 2. The molecule has 5 heteroatoms. The van der Waals surface area contributed by atoms with Crippen molar-refractivity contribution >= 4 is 11.8 Å². The zero-order valence-corrected chi connectivity index (χ0v) is 6.90. The second-order valence-electron chi connectivity index (χ2n) is 2.46. The molecular weight excluding hydrogens is 160 g/mol. The van der Waals surface area contributed by atoms with Gasteiger partial charge in [-0.15, -0.1) is 16.9 Å². The number of rotatable bonds is 1. The Hall–Kier alpha value is -0.550. The first-order valence-electron chi connectivity index (χ1n) is 3.65. The van der Waals surface area contributed by atoms with Gasteiger partial charge in [0.2, 0.25) is 0 Å². The molecule has 1 aromatic rings. The third-order valence-electron chi connectivity index (χ3n) is 1.69. The molecule has 1 fully saturated rings. The number of thioether (sulfide) groups is 1. The topological polar surface area (TPSA) is 53.6 Å². The van der Waals surface area contributed by atoms with Crippen LogP contribution >= 0.6 is 11.8 Å². The Morgan fingerprint density at radius 1 is 1.64 bits per heavy atom. The fraction of sp³-hybridized carbons (Fsp3) is 0.667. The summed E-state index contributed by atoms with van der Waals surface area (Å²) in [5, 5.41) is 14.2. The van der Waals surface area contributed by atoms with Crippen LogP contribution in [0.25, 0.3) is 0 Å². The van der Waals surface area contributed by atoms with Crippen LogP contribution in [0.4, 0.5) is 0 Å². The largest absolute Gasteiger partial charge is 0.314 e. The van der Waals surface area contributed by atoms with E-state index in [4.69, 9.17) is 0 Å². The Labute approximate surface area is 69.1 Å². The van der Waals surface area contributed by atoms with Gasteiger partial charge in [-0.25, -0.2) is 0 Å². The number of nitrogens with one attached hydrogen (secondary N) is 2. The summed E-state index contributed by atoms with van der Waals surface area (Å²) in [5.74, 6) is 1.16. The SMILES string of the molecule is c1[nH]nnc1C1CNCCS1. The molecular formula is C6H10N4S. The van der Waals surface area contributed by atoms with Crippen molar-refractivity contribution in [1.82, 2.24) is 20.7 Å². The van der Waals surface area contributed by atoms with E-state index in [1.165, 1.54) is 0 Å². The highest BCUT2D eigenvalue weighted by Gasteiger charge is 2.17. The van der Waals surface area contributed by atoms with E-state index in [1.807, 2.05) is 18.0 Å². The summed E-state index contributed by atoms with van der Waals surface area (Å²) in [7, 11) is 0. The molecule has 0 aromatic carbocycles. The van der Waals surface area contributed by atoms with Crippen LogP contribution in [0.5, 0.6) is 0 Å². The quantitative estimate of drug-likeness (QED) is 0.631. The average molecular weight is 170 g/mol. The predicted molar refractivity (Wildman–Crippen MR) is 44.5 cm³/mol. The molecule has 1 unspecified atom stereocenters. The second-order valence-corrected chi connectivity index (χ2v) is 3.77. The Balaban J connectivity index is 2.04. The smallest absolute Gasteiger partial charge is 0.0967 e. The first-order chi connectivity index (χ1) is 5.47. The van der Waals surface area contributed by atoms with Gasteiger partial charge in [0.1, 0.15) is 0 Å². The molecule has 2 N–H and O–H groups in total. The zero-order chi connectivity index (χ0) is 7.52. The van der Waals surface area contributed by atoms with Crippen molar-refractivity contribution in [3.8, 4) is 0 Å². The van der Waals surface area contributed by atoms with Crippen LogP contribution in [0.2, 0.25) is 0 Å². The van der Waals surface area contributed by atoms with Crippen molar-refractivity contribution < 1.29 is 0 Å². The highest BCUT2D eigenvalue weighted by Crippen LogP contribution is 2.27. The molecule has 11 heavy (non-hydrogen) atoms. The monoisotopic (exact) mass is 170 g/mol. The molecule has 1 aliphatic rings. The van der Waals surface area contributed by atoms with Crippen molar-refractivity contribution in [3.05, 3.63) is 11.9 Å². The molecule has 1 aliphatic heterocycles. The first-order valence-corrected chi connectivity index (χ1v) is 4.70. The summed E-state index contributed by atoms with van der Waals surface area (Å²) in [6.45, 7) is 2.12. The second kappa shape index (κ2) is 3.23. The lowest BCUT2D eigenvalue weighted by Crippen LogP contribution is -2.28. The lowest BCUT2D eigenvalue weighted by atomic mass is 10.3. The van der Waals surface area contributed by atoms with Crippen molar-refractivity contribution in [2.75, 3.05) is 18.8 Å². The first kappa shape index (κ1) is 7.12. The van der Waals surface area contributed by atoms with Crippen molar-refractivity contribution in [2.24, 2.45) is 0 Å². The van der Waals surface area contributed by atoms with Gasteiger partial charge in [-0.1, -0.05) is 5.21 Å². The predicted octanol–water partition coefficient (Wildman–Crippen LogP) is 0.182. The molecule has 2 heterocycles. The third-order valence-corrected chi connectivity index (χ3v) is 2.94. The highest BCUT2D eigenvalue weighted by atomic mass is 32.2. The van der Waals surface area contributed by atoms with E-state index in [1.54, 1.807) is 0 Å². The molecule has 1 aromatic heterocycles. The van der Waals surface area contributed by atoms with E-state index in [0.29, 0.717) is 5.25 Å². The van der Waals surface area contributed by atoms with Crippen LogP contribution < -0.4 is 5.32 Å². The molecule has 60 valence electrons. The number of H-pyrrole nitrogens is 1. The van der Waals surface area contributed by atoms with Crippen molar-refractivity contribution in [2.45, 2.75) is 5.25 Å². The summed E-state index contributed by atoms with van der Waals surface area (Å²) in [5.41, 5.74) is 1.06. The van der Waals surface area contributed by atoms with Gasteiger partial charge in [-0.2, -0.15) is 0 Å². The minimum atomic E-state index is 0.488. The normalized spacial score (nSPS) is 25.3. The van der Waals surface area contributed by atoms with E-state index in [9.17, 15) is 0 Å². The van der Waals surface area contributed by atoms with Gasteiger partial charge < -0.3 is 5.32 Å². The summed E-state index contributed by atoms with van der Waals surface area (Å²) in [6, 6.07) is 0. The molecule has 0 amide bonds. The average Bonchev–Trinajstić information content (AvgIpc) is 2.58. The Bertz CT molecular complexity index is 204. The Kier molecular flexibility index (Phi) is 2.09. The van der Waals surface area contributed by atoms with E-state index in [2.05, 4.69) is 20.7 Å².